The van der Waals surface area contributed by atoms with Crippen molar-refractivity contribution in [3.8, 4) is 11.6 Å². The van der Waals surface area contributed by atoms with Gasteiger partial charge in [0.1, 0.15) is 11.8 Å². The first-order valence-electron chi connectivity index (χ1n) is 7.74. The lowest BCUT2D eigenvalue weighted by Gasteiger charge is -2.16. The van der Waals surface area contributed by atoms with Crippen molar-refractivity contribution in [3.63, 3.8) is 0 Å². The standard InChI is InChI=1S/C17H16ClN5O3/c1-11(17(25)20-13-10-12(18)4-5-14(13)26-2)23-16(24)7-6-15(21-23)22-9-3-8-19-22/h3-11H,1-2H3,(H,20,25). The zero-order valence-corrected chi connectivity index (χ0v) is 14.8. The zero-order chi connectivity index (χ0) is 18.7. The maximum absolute atomic E-state index is 12.6. The molecule has 1 unspecified atom stereocenters. The maximum atomic E-state index is 12.6. The summed E-state index contributed by atoms with van der Waals surface area (Å²) in [7, 11) is 1.49. The Morgan fingerprint density at radius 2 is 2.12 bits per heavy atom. The van der Waals surface area contributed by atoms with Crippen molar-refractivity contribution in [1.82, 2.24) is 19.6 Å². The summed E-state index contributed by atoms with van der Waals surface area (Å²) in [6.07, 6.45) is 3.29. The molecule has 9 heteroatoms. The number of hydrogen-bond acceptors (Lipinski definition) is 5. The van der Waals surface area contributed by atoms with Crippen LogP contribution >= 0.6 is 11.6 Å². The number of halogens is 1. The number of aromatic nitrogens is 4. The van der Waals surface area contributed by atoms with Crippen LogP contribution in [-0.4, -0.2) is 32.6 Å². The maximum Gasteiger partial charge on any atom is 0.267 e. The quantitative estimate of drug-likeness (QED) is 0.741. The van der Waals surface area contributed by atoms with Crippen molar-refractivity contribution in [3.05, 3.63) is 64.2 Å². The van der Waals surface area contributed by atoms with Gasteiger partial charge in [-0.15, -0.1) is 5.10 Å². The Bertz CT molecular complexity index is 984. The Morgan fingerprint density at radius 1 is 1.31 bits per heavy atom. The van der Waals surface area contributed by atoms with Crippen molar-refractivity contribution < 1.29 is 9.53 Å². The first-order valence-corrected chi connectivity index (χ1v) is 8.11. The number of benzene rings is 1. The first-order chi connectivity index (χ1) is 12.5. The van der Waals surface area contributed by atoms with Gasteiger partial charge in [-0.25, -0.2) is 9.36 Å². The number of rotatable bonds is 5. The molecule has 0 bridgehead atoms. The van der Waals surface area contributed by atoms with Crippen LogP contribution in [0.5, 0.6) is 5.75 Å². The molecule has 0 aliphatic rings. The van der Waals surface area contributed by atoms with Crippen molar-refractivity contribution in [1.29, 1.82) is 0 Å². The van der Waals surface area contributed by atoms with Gasteiger partial charge in [-0.3, -0.25) is 9.59 Å². The zero-order valence-electron chi connectivity index (χ0n) is 14.1. The van der Waals surface area contributed by atoms with Crippen LogP contribution in [0.25, 0.3) is 5.82 Å². The number of nitrogens with one attached hydrogen (secondary N) is 1. The molecule has 0 fully saturated rings. The van der Waals surface area contributed by atoms with Gasteiger partial charge in [0.15, 0.2) is 5.82 Å². The Morgan fingerprint density at radius 3 is 2.81 bits per heavy atom. The van der Waals surface area contributed by atoms with Crippen LogP contribution in [0.4, 0.5) is 5.69 Å². The Hall–Kier alpha value is -3.13. The fourth-order valence-corrected chi connectivity index (χ4v) is 2.52. The average molecular weight is 374 g/mol. The summed E-state index contributed by atoms with van der Waals surface area (Å²) in [6, 6.07) is 8.62. The smallest absolute Gasteiger partial charge is 0.267 e. The van der Waals surface area contributed by atoms with Crippen LogP contribution < -0.4 is 15.6 Å². The molecule has 0 spiro atoms. The van der Waals surface area contributed by atoms with Gasteiger partial charge < -0.3 is 10.1 Å². The van der Waals surface area contributed by atoms with Crippen molar-refractivity contribution in [2.75, 3.05) is 12.4 Å². The molecule has 0 radical (unpaired) electrons. The summed E-state index contributed by atoms with van der Waals surface area (Å²) in [6.45, 7) is 1.58. The van der Waals surface area contributed by atoms with Gasteiger partial charge >= 0.3 is 0 Å². The minimum absolute atomic E-state index is 0.401. The van der Waals surface area contributed by atoms with E-state index in [9.17, 15) is 9.59 Å². The number of hydrogen-bond donors (Lipinski definition) is 1. The van der Waals surface area contributed by atoms with E-state index >= 15 is 0 Å². The van der Waals surface area contributed by atoms with Crippen LogP contribution in [0.1, 0.15) is 13.0 Å². The van der Waals surface area contributed by atoms with Gasteiger partial charge in [0.05, 0.1) is 12.8 Å². The van der Waals surface area contributed by atoms with E-state index < -0.39 is 17.5 Å². The Kier molecular flexibility index (Phi) is 5.04. The Labute approximate surface area is 154 Å². The minimum Gasteiger partial charge on any atom is -0.495 e. The molecule has 1 N–H and O–H groups in total. The molecule has 0 saturated carbocycles. The first kappa shape index (κ1) is 17.7. The summed E-state index contributed by atoms with van der Waals surface area (Å²) >= 11 is 5.97. The second kappa shape index (κ2) is 7.40. The molecule has 3 aromatic rings. The van der Waals surface area contributed by atoms with Gasteiger partial charge in [-0.1, -0.05) is 11.6 Å². The van der Waals surface area contributed by atoms with Gasteiger partial charge in [0.25, 0.3) is 5.56 Å². The van der Waals surface area contributed by atoms with E-state index in [1.54, 1.807) is 43.6 Å². The third-order valence-corrected chi connectivity index (χ3v) is 3.95. The molecule has 0 saturated heterocycles. The lowest BCUT2D eigenvalue weighted by atomic mass is 10.2. The lowest BCUT2D eigenvalue weighted by Crippen LogP contribution is -2.33. The van der Waals surface area contributed by atoms with Crippen LogP contribution in [0.3, 0.4) is 0 Å². The predicted octanol–water partition coefficient (Wildman–Crippen LogP) is 2.29. The summed E-state index contributed by atoms with van der Waals surface area (Å²) in [5.41, 5.74) is 0.00902. The minimum atomic E-state index is -0.860. The van der Waals surface area contributed by atoms with E-state index in [0.717, 1.165) is 4.68 Å². The predicted molar refractivity (Wildman–Crippen MR) is 97.0 cm³/mol. The van der Waals surface area contributed by atoms with E-state index in [0.29, 0.717) is 22.3 Å². The molecule has 26 heavy (non-hydrogen) atoms. The van der Waals surface area contributed by atoms with Crippen LogP contribution in [0.15, 0.2) is 53.6 Å². The molecule has 3 rings (SSSR count). The fourth-order valence-electron chi connectivity index (χ4n) is 2.35. The lowest BCUT2D eigenvalue weighted by molar-refractivity contribution is -0.119. The molecule has 8 nitrogen and oxygen atoms in total. The highest BCUT2D eigenvalue weighted by molar-refractivity contribution is 6.31. The van der Waals surface area contributed by atoms with E-state index in [-0.39, 0.29) is 0 Å². The summed E-state index contributed by atoms with van der Waals surface area (Å²) in [5, 5.41) is 11.5. The summed E-state index contributed by atoms with van der Waals surface area (Å²) in [4.78, 5) is 24.8. The number of nitrogens with zero attached hydrogens (tertiary/aromatic N) is 4. The van der Waals surface area contributed by atoms with Crippen molar-refractivity contribution in [2.45, 2.75) is 13.0 Å². The second-order valence-corrected chi connectivity index (χ2v) is 5.87. The normalized spacial score (nSPS) is 11.8. The van der Waals surface area contributed by atoms with Crippen LogP contribution in [-0.2, 0) is 4.79 Å². The van der Waals surface area contributed by atoms with Crippen LogP contribution in [0, 0.1) is 0 Å². The summed E-state index contributed by atoms with van der Waals surface area (Å²) in [5.74, 6) is 0.452. The van der Waals surface area contributed by atoms with E-state index in [2.05, 4.69) is 15.5 Å². The largest absolute Gasteiger partial charge is 0.495 e. The number of methoxy groups -OCH3 is 1. The summed E-state index contributed by atoms with van der Waals surface area (Å²) < 4.78 is 7.81. The van der Waals surface area contributed by atoms with Crippen molar-refractivity contribution in [2.24, 2.45) is 0 Å². The van der Waals surface area contributed by atoms with Gasteiger partial charge in [0.2, 0.25) is 5.91 Å². The molecule has 1 amide bonds. The van der Waals surface area contributed by atoms with Crippen molar-refractivity contribution >= 4 is 23.2 Å². The molecule has 0 aliphatic carbocycles. The molecule has 0 aliphatic heterocycles. The third kappa shape index (κ3) is 3.60. The molecule has 134 valence electrons. The van der Waals surface area contributed by atoms with E-state index in [1.165, 1.54) is 23.9 Å². The number of carbonyl (C=O) groups is 1. The van der Waals surface area contributed by atoms with E-state index in [4.69, 9.17) is 16.3 Å². The monoisotopic (exact) mass is 373 g/mol. The van der Waals surface area contributed by atoms with Gasteiger partial charge in [0, 0.05) is 23.5 Å². The highest BCUT2D eigenvalue weighted by Gasteiger charge is 2.20. The Balaban J connectivity index is 1.88. The molecule has 1 aromatic carbocycles. The molecule has 1 atom stereocenters. The van der Waals surface area contributed by atoms with Gasteiger partial charge in [-0.2, -0.15) is 5.10 Å². The highest BCUT2D eigenvalue weighted by Crippen LogP contribution is 2.28. The fraction of sp³-hybridized carbons (Fsp3) is 0.176. The molecule has 2 heterocycles. The van der Waals surface area contributed by atoms with E-state index in [1.807, 2.05) is 0 Å². The molecular weight excluding hydrogens is 358 g/mol. The molecular formula is C17H16ClN5O3. The second-order valence-electron chi connectivity index (χ2n) is 5.43. The number of anilines is 1. The van der Waals surface area contributed by atoms with Gasteiger partial charge in [-0.05, 0) is 37.3 Å². The molecule has 2 aromatic heterocycles. The number of amides is 1. The number of ether oxygens (including phenoxy) is 1. The average Bonchev–Trinajstić information content (AvgIpc) is 3.16. The highest BCUT2D eigenvalue weighted by atomic mass is 35.5. The number of carbonyl (C=O) groups excluding carboxylic acids is 1. The SMILES string of the molecule is COc1ccc(Cl)cc1NC(=O)C(C)n1nc(-n2cccn2)ccc1=O. The third-order valence-electron chi connectivity index (χ3n) is 3.72. The van der Waals surface area contributed by atoms with Crippen LogP contribution in [0.2, 0.25) is 5.02 Å². The topological polar surface area (TPSA) is 91.0 Å².